The number of nitrogens with one attached hydrogen (secondary N) is 1. The highest BCUT2D eigenvalue weighted by Gasteiger charge is 2.19. The maximum Gasteiger partial charge on any atom is 0.265 e. The van der Waals surface area contributed by atoms with Crippen LogP contribution in [-0.4, -0.2) is 26.2 Å². The lowest BCUT2D eigenvalue weighted by Crippen LogP contribution is -2.30. The fraction of sp³-hybridized carbons (Fsp3) is 0.190. The Hall–Kier alpha value is -2.92. The van der Waals surface area contributed by atoms with Crippen LogP contribution in [0.25, 0.3) is 10.8 Å². The molecule has 1 N–H and O–H groups in total. The molecule has 0 aliphatic rings. The first-order valence-corrected chi connectivity index (χ1v) is 8.78. The summed E-state index contributed by atoms with van der Waals surface area (Å²) in [7, 11) is 3.01. The maximum absolute atomic E-state index is 12.6. The van der Waals surface area contributed by atoms with Gasteiger partial charge in [-0.05, 0) is 18.4 Å². The third-order valence-corrected chi connectivity index (χ3v) is 4.45. The summed E-state index contributed by atoms with van der Waals surface area (Å²) in [6.45, 7) is 1.69. The summed E-state index contributed by atoms with van der Waals surface area (Å²) in [5.74, 6) is 1.21. The zero-order chi connectivity index (χ0) is 19.4. The number of halogens is 1. The average molecular weight is 386 g/mol. The van der Waals surface area contributed by atoms with Gasteiger partial charge in [0.1, 0.15) is 17.2 Å². The molecule has 5 nitrogen and oxygen atoms in total. The Labute approximate surface area is 162 Å². The normalized spacial score (nSPS) is 11.7. The van der Waals surface area contributed by atoms with Crippen LogP contribution >= 0.6 is 11.6 Å². The molecular weight excluding hydrogens is 366 g/mol. The predicted octanol–water partition coefficient (Wildman–Crippen LogP) is 4.92. The van der Waals surface area contributed by atoms with E-state index in [9.17, 15) is 4.79 Å². The Kier molecular flexibility index (Phi) is 5.72. The van der Waals surface area contributed by atoms with Crippen molar-refractivity contribution < 1.29 is 19.0 Å². The van der Waals surface area contributed by atoms with Gasteiger partial charge in [-0.2, -0.15) is 0 Å². The lowest BCUT2D eigenvalue weighted by atomic mass is 10.1. The summed E-state index contributed by atoms with van der Waals surface area (Å²) in [5, 5.41) is 5.20. The van der Waals surface area contributed by atoms with E-state index in [1.807, 2.05) is 42.5 Å². The first-order valence-electron chi connectivity index (χ1n) is 8.40. The van der Waals surface area contributed by atoms with Crippen LogP contribution in [0.4, 0.5) is 5.69 Å². The molecule has 6 heteroatoms. The number of amides is 1. The third-order valence-electron chi connectivity index (χ3n) is 4.15. The molecule has 0 saturated carbocycles. The van der Waals surface area contributed by atoms with Gasteiger partial charge in [0.15, 0.2) is 6.10 Å². The van der Waals surface area contributed by atoms with E-state index in [-0.39, 0.29) is 5.91 Å². The topological polar surface area (TPSA) is 56.8 Å². The van der Waals surface area contributed by atoms with Crippen LogP contribution in [0, 0.1) is 0 Å². The van der Waals surface area contributed by atoms with Crippen molar-refractivity contribution in [3.8, 4) is 17.2 Å². The fourth-order valence-electron chi connectivity index (χ4n) is 2.73. The quantitative estimate of drug-likeness (QED) is 0.654. The third kappa shape index (κ3) is 4.09. The van der Waals surface area contributed by atoms with Gasteiger partial charge in [-0.3, -0.25) is 4.79 Å². The summed E-state index contributed by atoms with van der Waals surface area (Å²) in [4.78, 5) is 12.6. The Balaban J connectivity index is 1.80. The molecule has 0 aliphatic carbocycles. The van der Waals surface area contributed by atoms with Gasteiger partial charge < -0.3 is 19.5 Å². The molecule has 140 valence electrons. The SMILES string of the molecule is COc1cc(NC(=O)C(C)Oc2cccc3ccccc23)c(OC)cc1Cl. The minimum atomic E-state index is -0.720. The van der Waals surface area contributed by atoms with Gasteiger partial charge in [-0.25, -0.2) is 0 Å². The van der Waals surface area contributed by atoms with Gasteiger partial charge in [0.2, 0.25) is 0 Å². The van der Waals surface area contributed by atoms with Crippen LogP contribution < -0.4 is 19.5 Å². The van der Waals surface area contributed by atoms with E-state index in [2.05, 4.69) is 5.32 Å². The molecule has 1 amide bonds. The van der Waals surface area contributed by atoms with Crippen molar-refractivity contribution in [3.05, 3.63) is 59.6 Å². The summed E-state index contributed by atoms with van der Waals surface area (Å²) in [6.07, 6.45) is -0.720. The minimum Gasteiger partial charge on any atom is -0.495 e. The van der Waals surface area contributed by atoms with Crippen molar-refractivity contribution in [2.24, 2.45) is 0 Å². The highest BCUT2D eigenvalue weighted by molar-refractivity contribution is 6.32. The van der Waals surface area contributed by atoms with Gasteiger partial charge >= 0.3 is 0 Å². The molecule has 0 spiro atoms. The molecule has 0 aromatic heterocycles. The standard InChI is InChI=1S/C21H20ClNO4/c1-13(27-18-10-6-8-14-7-4-5-9-15(14)18)21(24)23-17-12-19(25-2)16(22)11-20(17)26-3/h4-13H,1-3H3,(H,23,24). The lowest BCUT2D eigenvalue weighted by molar-refractivity contribution is -0.122. The minimum absolute atomic E-state index is 0.314. The number of methoxy groups -OCH3 is 2. The number of carbonyl (C=O) groups is 1. The maximum atomic E-state index is 12.6. The van der Waals surface area contributed by atoms with Gasteiger partial charge in [0.05, 0.1) is 24.9 Å². The molecule has 0 aliphatic heterocycles. The molecule has 3 aromatic carbocycles. The molecule has 1 atom stereocenters. The molecule has 0 bridgehead atoms. The molecule has 27 heavy (non-hydrogen) atoms. The first kappa shape index (κ1) is 18.9. The monoisotopic (exact) mass is 385 g/mol. The lowest BCUT2D eigenvalue weighted by Gasteiger charge is -2.18. The number of fused-ring (bicyclic) bond motifs is 1. The van der Waals surface area contributed by atoms with E-state index in [4.69, 9.17) is 25.8 Å². The van der Waals surface area contributed by atoms with Gasteiger partial charge in [0, 0.05) is 17.5 Å². The zero-order valence-corrected chi connectivity index (χ0v) is 16.0. The van der Waals surface area contributed by atoms with E-state index in [1.54, 1.807) is 19.1 Å². The van der Waals surface area contributed by atoms with Gasteiger partial charge in [0.25, 0.3) is 5.91 Å². The highest BCUT2D eigenvalue weighted by atomic mass is 35.5. The molecular formula is C21H20ClNO4. The molecule has 0 heterocycles. The number of rotatable bonds is 6. The highest BCUT2D eigenvalue weighted by Crippen LogP contribution is 2.36. The van der Waals surface area contributed by atoms with Crippen molar-refractivity contribution in [2.75, 3.05) is 19.5 Å². The van der Waals surface area contributed by atoms with Crippen LogP contribution in [-0.2, 0) is 4.79 Å². The van der Waals surface area contributed by atoms with Gasteiger partial charge in [-0.15, -0.1) is 0 Å². The number of benzene rings is 3. The summed E-state index contributed by atoms with van der Waals surface area (Å²) in [6, 6.07) is 16.8. The van der Waals surface area contributed by atoms with E-state index in [0.29, 0.717) is 28.0 Å². The van der Waals surface area contributed by atoms with E-state index >= 15 is 0 Å². The fourth-order valence-corrected chi connectivity index (χ4v) is 2.97. The Morgan fingerprint density at radius 2 is 1.67 bits per heavy atom. The van der Waals surface area contributed by atoms with E-state index in [1.165, 1.54) is 14.2 Å². The van der Waals surface area contributed by atoms with Crippen molar-refractivity contribution >= 4 is 34.0 Å². The number of anilines is 1. The second-order valence-corrected chi connectivity index (χ2v) is 6.32. The summed E-state index contributed by atoms with van der Waals surface area (Å²) < 4.78 is 16.4. The van der Waals surface area contributed by atoms with Crippen LogP contribution in [0.2, 0.25) is 5.02 Å². The number of hydrogen-bond donors (Lipinski definition) is 1. The molecule has 3 rings (SSSR count). The number of hydrogen-bond acceptors (Lipinski definition) is 4. The molecule has 0 radical (unpaired) electrons. The van der Waals surface area contributed by atoms with Crippen LogP contribution in [0.1, 0.15) is 6.92 Å². The molecule has 0 fully saturated rings. The molecule has 1 unspecified atom stereocenters. The van der Waals surface area contributed by atoms with Gasteiger partial charge in [-0.1, -0.05) is 48.0 Å². The second kappa shape index (κ2) is 8.18. The first-order chi connectivity index (χ1) is 13.0. The summed E-state index contributed by atoms with van der Waals surface area (Å²) >= 11 is 6.10. The van der Waals surface area contributed by atoms with Crippen molar-refractivity contribution in [1.82, 2.24) is 0 Å². The predicted molar refractivity (Wildman–Crippen MR) is 107 cm³/mol. The van der Waals surface area contributed by atoms with Crippen molar-refractivity contribution in [2.45, 2.75) is 13.0 Å². The number of ether oxygens (including phenoxy) is 3. The van der Waals surface area contributed by atoms with E-state index in [0.717, 1.165) is 10.8 Å². The summed E-state index contributed by atoms with van der Waals surface area (Å²) in [5.41, 5.74) is 0.456. The Morgan fingerprint density at radius 3 is 2.41 bits per heavy atom. The molecule has 3 aromatic rings. The zero-order valence-electron chi connectivity index (χ0n) is 15.3. The smallest absolute Gasteiger partial charge is 0.265 e. The van der Waals surface area contributed by atoms with Crippen LogP contribution in [0.3, 0.4) is 0 Å². The van der Waals surface area contributed by atoms with E-state index < -0.39 is 6.10 Å². The molecule has 0 saturated heterocycles. The van der Waals surface area contributed by atoms with Crippen LogP contribution in [0.15, 0.2) is 54.6 Å². The average Bonchev–Trinajstić information content (AvgIpc) is 2.69. The number of carbonyl (C=O) groups excluding carboxylic acids is 1. The Morgan fingerprint density at radius 1 is 0.963 bits per heavy atom. The second-order valence-electron chi connectivity index (χ2n) is 5.91. The van der Waals surface area contributed by atoms with Crippen LogP contribution in [0.5, 0.6) is 17.2 Å². The Bertz CT molecular complexity index is 968. The van der Waals surface area contributed by atoms with Crippen molar-refractivity contribution in [3.63, 3.8) is 0 Å². The largest absolute Gasteiger partial charge is 0.495 e. The van der Waals surface area contributed by atoms with Crippen molar-refractivity contribution in [1.29, 1.82) is 0 Å².